The molecule has 0 radical (unpaired) electrons. The lowest BCUT2D eigenvalue weighted by Gasteiger charge is -2.34. The molecule has 0 aliphatic heterocycles. The first-order valence-corrected chi connectivity index (χ1v) is 8.31. The molecule has 4 N–H and O–H groups in total. The number of anilines is 1. The third-order valence-corrected chi connectivity index (χ3v) is 4.86. The van der Waals surface area contributed by atoms with Crippen LogP contribution in [0.25, 0.3) is 0 Å². The van der Waals surface area contributed by atoms with Gasteiger partial charge in [-0.05, 0) is 43.2 Å². The molecule has 0 aromatic heterocycles. The molecule has 0 amide bonds. The Hall–Kier alpha value is -1.27. The summed E-state index contributed by atoms with van der Waals surface area (Å²) in [5.41, 5.74) is 6.23. The summed E-state index contributed by atoms with van der Waals surface area (Å²) in [4.78, 5) is -0.0605. The quantitative estimate of drug-likeness (QED) is 0.837. The van der Waals surface area contributed by atoms with E-state index in [4.69, 9.17) is 15.6 Å². The number of rotatable bonds is 3. The fourth-order valence-electron chi connectivity index (χ4n) is 2.54. The Morgan fingerprint density at radius 2 is 1.85 bits per heavy atom. The van der Waals surface area contributed by atoms with Gasteiger partial charge >= 0.3 is 0 Å². The third kappa shape index (κ3) is 3.64. The molecule has 0 saturated heterocycles. The van der Waals surface area contributed by atoms with Gasteiger partial charge < -0.3 is 10.5 Å². The minimum atomic E-state index is -3.78. The Kier molecular flexibility index (Phi) is 3.97. The Morgan fingerprint density at radius 1 is 1.25 bits per heavy atom. The van der Waals surface area contributed by atoms with Gasteiger partial charge in [0, 0.05) is 6.07 Å². The molecule has 1 saturated carbocycles. The zero-order valence-electron chi connectivity index (χ0n) is 11.9. The highest BCUT2D eigenvalue weighted by atomic mass is 32.2. The predicted molar refractivity (Wildman–Crippen MR) is 78.9 cm³/mol. The van der Waals surface area contributed by atoms with Crippen molar-refractivity contribution in [3.05, 3.63) is 18.2 Å². The lowest BCUT2D eigenvalue weighted by atomic mass is 9.76. The summed E-state index contributed by atoms with van der Waals surface area (Å²) in [7, 11) is -3.78. The zero-order chi connectivity index (χ0) is 15.0. The van der Waals surface area contributed by atoms with Crippen molar-refractivity contribution >= 4 is 15.7 Å². The van der Waals surface area contributed by atoms with Crippen LogP contribution in [0.15, 0.2) is 23.1 Å². The van der Waals surface area contributed by atoms with E-state index in [1.807, 2.05) is 0 Å². The molecular weight excluding hydrogens is 276 g/mol. The standard InChI is InChI=1S/C14H22N2O3S/c1-14(2)7-5-10(6-8-14)19-11-3-4-13(12(15)9-11)20(16,17)18/h3-4,9-10H,5-8,15H2,1-2H3,(H2,16,17,18). The molecule has 6 heteroatoms. The van der Waals surface area contributed by atoms with E-state index in [1.165, 1.54) is 12.1 Å². The number of primary sulfonamides is 1. The van der Waals surface area contributed by atoms with Crippen molar-refractivity contribution in [3.8, 4) is 5.75 Å². The maximum absolute atomic E-state index is 11.3. The van der Waals surface area contributed by atoms with Gasteiger partial charge in [-0.25, -0.2) is 13.6 Å². The molecule has 0 atom stereocenters. The van der Waals surface area contributed by atoms with Crippen LogP contribution in [0.4, 0.5) is 5.69 Å². The minimum absolute atomic E-state index is 0.0605. The summed E-state index contributed by atoms with van der Waals surface area (Å²) in [6.07, 6.45) is 4.43. The average Bonchev–Trinajstić information content (AvgIpc) is 2.30. The van der Waals surface area contributed by atoms with Crippen LogP contribution < -0.4 is 15.6 Å². The Bertz CT molecular complexity index is 586. The second-order valence-corrected chi connectivity index (χ2v) is 7.76. The minimum Gasteiger partial charge on any atom is -0.490 e. The van der Waals surface area contributed by atoms with Crippen LogP contribution in [0, 0.1) is 5.41 Å². The van der Waals surface area contributed by atoms with E-state index in [9.17, 15) is 8.42 Å². The second kappa shape index (κ2) is 5.26. The number of nitrogens with two attached hydrogens (primary N) is 2. The predicted octanol–water partition coefficient (Wildman–Crippen LogP) is 2.26. The van der Waals surface area contributed by atoms with Gasteiger partial charge in [-0.1, -0.05) is 13.8 Å². The average molecular weight is 298 g/mol. The van der Waals surface area contributed by atoms with Crippen LogP contribution in [0.3, 0.4) is 0 Å². The van der Waals surface area contributed by atoms with Gasteiger partial charge in [-0.15, -0.1) is 0 Å². The molecule has 0 unspecified atom stereocenters. The molecule has 5 nitrogen and oxygen atoms in total. The van der Waals surface area contributed by atoms with Gasteiger partial charge in [0.1, 0.15) is 10.6 Å². The molecule has 1 aromatic rings. The van der Waals surface area contributed by atoms with Crippen LogP contribution in [-0.2, 0) is 10.0 Å². The number of nitrogen functional groups attached to an aromatic ring is 1. The molecule has 2 rings (SSSR count). The molecule has 1 fully saturated rings. The van der Waals surface area contributed by atoms with Crippen molar-refractivity contribution in [3.63, 3.8) is 0 Å². The first-order chi connectivity index (χ1) is 9.17. The van der Waals surface area contributed by atoms with Crippen molar-refractivity contribution in [2.75, 3.05) is 5.73 Å². The number of ether oxygens (including phenoxy) is 1. The summed E-state index contributed by atoms with van der Waals surface area (Å²) in [6.45, 7) is 4.53. The molecule has 0 bridgehead atoms. The van der Waals surface area contributed by atoms with Gasteiger partial charge in [0.15, 0.2) is 0 Å². The maximum atomic E-state index is 11.3. The molecule has 1 aliphatic carbocycles. The largest absolute Gasteiger partial charge is 0.490 e. The van der Waals surface area contributed by atoms with Gasteiger partial charge in [0.2, 0.25) is 10.0 Å². The zero-order valence-corrected chi connectivity index (χ0v) is 12.7. The second-order valence-electron chi connectivity index (χ2n) is 6.23. The van der Waals surface area contributed by atoms with Crippen molar-refractivity contribution in [2.45, 2.75) is 50.5 Å². The molecule has 1 aliphatic rings. The van der Waals surface area contributed by atoms with E-state index in [2.05, 4.69) is 13.8 Å². The lowest BCUT2D eigenvalue weighted by Crippen LogP contribution is -2.28. The van der Waals surface area contributed by atoms with Gasteiger partial charge in [-0.3, -0.25) is 0 Å². The number of hydrogen-bond acceptors (Lipinski definition) is 4. The summed E-state index contributed by atoms with van der Waals surface area (Å²) >= 11 is 0. The van der Waals surface area contributed by atoms with Gasteiger partial charge in [0.05, 0.1) is 11.8 Å². The van der Waals surface area contributed by atoms with Crippen molar-refractivity contribution in [2.24, 2.45) is 10.6 Å². The SMILES string of the molecule is CC1(C)CCC(Oc2ccc(S(N)(=O)=O)c(N)c2)CC1. The molecule has 20 heavy (non-hydrogen) atoms. The Morgan fingerprint density at radius 3 is 2.35 bits per heavy atom. The fourth-order valence-corrected chi connectivity index (χ4v) is 3.19. The summed E-state index contributed by atoms with van der Waals surface area (Å²) < 4.78 is 28.4. The van der Waals surface area contributed by atoms with Crippen LogP contribution in [-0.4, -0.2) is 14.5 Å². The molecule has 112 valence electrons. The van der Waals surface area contributed by atoms with E-state index in [1.54, 1.807) is 6.07 Å². The normalized spacial score (nSPS) is 19.8. The number of benzene rings is 1. The summed E-state index contributed by atoms with van der Waals surface area (Å²) in [5.74, 6) is 0.597. The third-order valence-electron chi connectivity index (χ3n) is 3.88. The maximum Gasteiger partial charge on any atom is 0.240 e. The number of sulfonamides is 1. The molecule has 1 aromatic carbocycles. The monoisotopic (exact) mass is 298 g/mol. The lowest BCUT2D eigenvalue weighted by molar-refractivity contribution is 0.0988. The Labute approximate surface area is 120 Å². The summed E-state index contributed by atoms with van der Waals surface area (Å²) in [6, 6.07) is 4.53. The smallest absolute Gasteiger partial charge is 0.240 e. The Balaban J connectivity index is 2.07. The van der Waals surface area contributed by atoms with Crippen LogP contribution in [0.1, 0.15) is 39.5 Å². The van der Waals surface area contributed by atoms with Gasteiger partial charge in [0.25, 0.3) is 0 Å². The van der Waals surface area contributed by atoms with Crippen LogP contribution in [0.5, 0.6) is 5.75 Å². The highest BCUT2D eigenvalue weighted by Crippen LogP contribution is 2.37. The van der Waals surface area contributed by atoms with Gasteiger partial charge in [-0.2, -0.15) is 0 Å². The van der Waals surface area contributed by atoms with E-state index in [0.29, 0.717) is 11.2 Å². The first kappa shape index (κ1) is 15.1. The number of hydrogen-bond donors (Lipinski definition) is 2. The van der Waals surface area contributed by atoms with Crippen LogP contribution >= 0.6 is 0 Å². The van der Waals surface area contributed by atoms with E-state index < -0.39 is 10.0 Å². The molecule has 0 heterocycles. The van der Waals surface area contributed by atoms with E-state index in [0.717, 1.165) is 25.7 Å². The fraction of sp³-hybridized carbons (Fsp3) is 0.571. The van der Waals surface area contributed by atoms with Crippen molar-refractivity contribution in [1.29, 1.82) is 0 Å². The molecule has 0 spiro atoms. The molecular formula is C14H22N2O3S. The summed E-state index contributed by atoms with van der Waals surface area (Å²) in [5, 5.41) is 5.07. The highest BCUT2D eigenvalue weighted by molar-refractivity contribution is 7.89. The topological polar surface area (TPSA) is 95.4 Å². The highest BCUT2D eigenvalue weighted by Gasteiger charge is 2.28. The van der Waals surface area contributed by atoms with Crippen molar-refractivity contribution < 1.29 is 13.2 Å². The van der Waals surface area contributed by atoms with E-state index in [-0.39, 0.29) is 16.7 Å². The van der Waals surface area contributed by atoms with Crippen molar-refractivity contribution in [1.82, 2.24) is 0 Å². The van der Waals surface area contributed by atoms with E-state index >= 15 is 0 Å². The first-order valence-electron chi connectivity index (χ1n) is 6.76. The van der Waals surface area contributed by atoms with Crippen LogP contribution in [0.2, 0.25) is 0 Å².